The van der Waals surface area contributed by atoms with Crippen LogP contribution in [0, 0.1) is 11.3 Å². The Kier molecular flexibility index (Phi) is 5.51. The maximum Gasteiger partial charge on any atom is 0.341 e. The number of hydrogen-bond donors (Lipinski definition) is 0. The number of alkyl halides is 2. The average Bonchev–Trinajstić information content (AvgIpc) is 3.16. The molecule has 1 fully saturated rings. The molecule has 2 heterocycles. The quantitative estimate of drug-likeness (QED) is 0.739. The van der Waals surface area contributed by atoms with E-state index in [0.717, 1.165) is 6.07 Å². The Bertz CT molecular complexity index is 1040. The normalized spacial score (nSPS) is 16.8. The number of ether oxygens (including phenoxy) is 1. The van der Waals surface area contributed by atoms with Gasteiger partial charge in [-0.15, -0.1) is 0 Å². The lowest BCUT2D eigenvalue weighted by Gasteiger charge is -2.18. The van der Waals surface area contributed by atoms with E-state index in [4.69, 9.17) is 10.00 Å². The van der Waals surface area contributed by atoms with E-state index in [1.54, 1.807) is 0 Å². The van der Waals surface area contributed by atoms with Crippen LogP contribution in [0.3, 0.4) is 0 Å². The van der Waals surface area contributed by atoms with Crippen LogP contribution >= 0.6 is 0 Å². The molecule has 1 atom stereocenters. The van der Waals surface area contributed by atoms with Crippen molar-refractivity contribution in [2.24, 2.45) is 0 Å². The summed E-state index contributed by atoms with van der Waals surface area (Å²) in [6.07, 6.45) is 2.61. The summed E-state index contributed by atoms with van der Waals surface area (Å²) in [4.78, 5) is 21.1. The fraction of sp³-hybridized carbons (Fsp3) is 0.294. The monoisotopic (exact) mass is 408 g/mol. The van der Waals surface area contributed by atoms with Gasteiger partial charge in [-0.2, -0.15) is 14.0 Å². The smallest absolute Gasteiger partial charge is 0.341 e. The Morgan fingerprint density at radius 3 is 2.71 bits per heavy atom. The van der Waals surface area contributed by atoms with Gasteiger partial charge < -0.3 is 9.64 Å². The largest absolute Gasteiger partial charge is 0.470 e. The first-order chi connectivity index (χ1) is 13.3. The summed E-state index contributed by atoms with van der Waals surface area (Å²) in [5.74, 6) is -4.28. The number of sulfone groups is 1. The molecule has 0 spiro atoms. The third kappa shape index (κ3) is 3.77. The van der Waals surface area contributed by atoms with Gasteiger partial charge in [0.15, 0.2) is 0 Å². The van der Waals surface area contributed by atoms with E-state index in [9.17, 15) is 22.0 Å². The summed E-state index contributed by atoms with van der Waals surface area (Å²) >= 11 is 0. The van der Waals surface area contributed by atoms with Gasteiger partial charge in [-0.3, -0.25) is 4.79 Å². The number of amides is 1. The molecule has 8 nitrogen and oxygen atoms in total. The van der Waals surface area contributed by atoms with Crippen molar-refractivity contribution in [1.29, 1.82) is 5.26 Å². The standard InChI is InChI=1S/C17H14F2N4O4S/c18-17(19)28(25,26)14-4-2-1-3-12(14)16(24)23-8-5-11(10-23)27-15-13(9-20)21-6-7-22-15/h1-4,6-7,11,17H,5,8,10H2. The minimum absolute atomic E-state index is 0.000601. The molecule has 0 N–H and O–H groups in total. The van der Waals surface area contributed by atoms with Gasteiger partial charge in [-0.1, -0.05) is 12.1 Å². The molecule has 11 heteroatoms. The number of benzene rings is 1. The summed E-state index contributed by atoms with van der Waals surface area (Å²) in [5.41, 5.74) is -0.318. The Morgan fingerprint density at radius 1 is 1.29 bits per heavy atom. The van der Waals surface area contributed by atoms with E-state index in [0.29, 0.717) is 6.42 Å². The molecule has 1 aromatic heterocycles. The Hall–Kier alpha value is -3.13. The number of likely N-dealkylation sites (tertiary alicyclic amines) is 1. The number of aromatic nitrogens is 2. The van der Waals surface area contributed by atoms with Gasteiger partial charge in [0.2, 0.25) is 15.5 Å². The number of carbonyl (C=O) groups excluding carboxylic acids is 1. The molecule has 146 valence electrons. The predicted octanol–water partition coefficient (Wildman–Crippen LogP) is 1.64. The zero-order valence-electron chi connectivity index (χ0n) is 14.3. The van der Waals surface area contributed by atoms with Crippen LogP contribution in [0.15, 0.2) is 41.6 Å². The summed E-state index contributed by atoms with van der Waals surface area (Å²) in [6, 6.07) is 6.71. The maximum atomic E-state index is 12.9. The number of carbonyl (C=O) groups is 1. The third-order valence-electron chi connectivity index (χ3n) is 4.14. The van der Waals surface area contributed by atoms with Crippen LogP contribution in [0.5, 0.6) is 5.88 Å². The highest BCUT2D eigenvalue weighted by molar-refractivity contribution is 7.91. The number of hydrogen-bond acceptors (Lipinski definition) is 7. The molecule has 1 aromatic carbocycles. The summed E-state index contributed by atoms with van der Waals surface area (Å²) in [6.45, 7) is 0.318. The van der Waals surface area contributed by atoms with Gasteiger partial charge in [0.25, 0.3) is 11.8 Å². The van der Waals surface area contributed by atoms with Crippen molar-refractivity contribution in [3.63, 3.8) is 0 Å². The fourth-order valence-electron chi connectivity index (χ4n) is 2.81. The molecule has 0 radical (unpaired) electrons. The molecular formula is C17H14F2N4O4S. The van der Waals surface area contributed by atoms with Crippen LogP contribution < -0.4 is 4.74 Å². The highest BCUT2D eigenvalue weighted by Crippen LogP contribution is 2.25. The van der Waals surface area contributed by atoms with Crippen LogP contribution in [-0.4, -0.2) is 54.1 Å². The van der Waals surface area contributed by atoms with Gasteiger partial charge in [0.05, 0.1) is 17.0 Å². The molecule has 1 saturated heterocycles. The second kappa shape index (κ2) is 7.85. The topological polar surface area (TPSA) is 113 Å². The van der Waals surface area contributed by atoms with E-state index in [1.807, 2.05) is 6.07 Å². The van der Waals surface area contributed by atoms with Gasteiger partial charge in [-0.25, -0.2) is 18.4 Å². The average molecular weight is 408 g/mol. The van der Waals surface area contributed by atoms with Crippen molar-refractivity contribution in [3.8, 4) is 11.9 Å². The Labute approximate surface area is 159 Å². The first kappa shape index (κ1) is 19.6. The van der Waals surface area contributed by atoms with Gasteiger partial charge in [0, 0.05) is 25.4 Å². The van der Waals surface area contributed by atoms with Crippen molar-refractivity contribution in [3.05, 3.63) is 47.9 Å². The molecule has 1 amide bonds. The fourth-order valence-corrected chi connectivity index (χ4v) is 3.73. The van der Waals surface area contributed by atoms with Gasteiger partial charge >= 0.3 is 5.76 Å². The van der Waals surface area contributed by atoms with Crippen molar-refractivity contribution in [1.82, 2.24) is 14.9 Å². The van der Waals surface area contributed by atoms with Crippen molar-refractivity contribution in [2.45, 2.75) is 23.2 Å². The van der Waals surface area contributed by atoms with Crippen molar-refractivity contribution in [2.75, 3.05) is 13.1 Å². The van der Waals surface area contributed by atoms with E-state index < -0.39 is 32.5 Å². The van der Waals surface area contributed by atoms with E-state index >= 15 is 0 Å². The van der Waals surface area contributed by atoms with Crippen molar-refractivity contribution < 1.29 is 26.7 Å². The zero-order valence-corrected chi connectivity index (χ0v) is 15.1. The molecule has 1 unspecified atom stereocenters. The summed E-state index contributed by atoms with van der Waals surface area (Å²) in [5, 5.41) is 9.02. The van der Waals surface area contributed by atoms with Crippen molar-refractivity contribution >= 4 is 15.7 Å². The third-order valence-corrected chi connectivity index (χ3v) is 5.58. The molecule has 0 aliphatic carbocycles. The zero-order chi connectivity index (χ0) is 20.3. The first-order valence-corrected chi connectivity index (χ1v) is 9.67. The molecule has 28 heavy (non-hydrogen) atoms. The van der Waals surface area contributed by atoms with Crippen LogP contribution in [0.2, 0.25) is 0 Å². The lowest BCUT2D eigenvalue weighted by atomic mass is 10.2. The lowest BCUT2D eigenvalue weighted by Crippen LogP contribution is -2.32. The molecule has 1 aliphatic heterocycles. The number of nitrogens with zero attached hydrogens (tertiary/aromatic N) is 4. The minimum Gasteiger partial charge on any atom is -0.470 e. The molecule has 0 bridgehead atoms. The van der Waals surface area contributed by atoms with E-state index in [1.165, 1.54) is 35.5 Å². The molecule has 1 aliphatic rings. The highest BCUT2D eigenvalue weighted by Gasteiger charge is 2.35. The molecule has 2 aromatic rings. The summed E-state index contributed by atoms with van der Waals surface area (Å²) in [7, 11) is -4.92. The van der Waals surface area contributed by atoms with E-state index in [-0.39, 0.29) is 30.2 Å². The maximum absolute atomic E-state index is 12.9. The Balaban J connectivity index is 1.78. The highest BCUT2D eigenvalue weighted by atomic mass is 32.2. The SMILES string of the molecule is N#Cc1nccnc1OC1CCN(C(=O)c2ccccc2S(=O)(=O)C(F)F)C1. The first-order valence-electron chi connectivity index (χ1n) is 8.12. The summed E-state index contributed by atoms with van der Waals surface area (Å²) < 4.78 is 55.2. The molecule has 3 rings (SSSR count). The second-order valence-corrected chi connectivity index (χ2v) is 7.79. The minimum atomic E-state index is -4.92. The van der Waals surface area contributed by atoms with Crippen LogP contribution in [-0.2, 0) is 9.84 Å². The number of halogens is 2. The predicted molar refractivity (Wildman–Crippen MR) is 91.3 cm³/mol. The second-order valence-electron chi connectivity index (χ2n) is 5.90. The Morgan fingerprint density at radius 2 is 2.00 bits per heavy atom. The molecular weight excluding hydrogens is 394 g/mol. The number of rotatable bonds is 5. The van der Waals surface area contributed by atoms with Crippen LogP contribution in [0.25, 0.3) is 0 Å². The molecule has 0 saturated carbocycles. The van der Waals surface area contributed by atoms with Crippen LogP contribution in [0.4, 0.5) is 8.78 Å². The number of nitriles is 1. The lowest BCUT2D eigenvalue weighted by molar-refractivity contribution is 0.0767. The van der Waals surface area contributed by atoms with Gasteiger partial charge in [0.1, 0.15) is 12.2 Å². The van der Waals surface area contributed by atoms with Crippen LogP contribution in [0.1, 0.15) is 22.5 Å². The van der Waals surface area contributed by atoms with Gasteiger partial charge in [-0.05, 0) is 12.1 Å². The van der Waals surface area contributed by atoms with E-state index in [2.05, 4.69) is 9.97 Å².